The van der Waals surface area contributed by atoms with E-state index in [1.54, 1.807) is 18.3 Å². The fraction of sp³-hybridized carbons (Fsp3) is 0.350. The Balaban J connectivity index is 1.53. The van der Waals surface area contributed by atoms with Gasteiger partial charge in [0.05, 0.1) is 11.1 Å². The van der Waals surface area contributed by atoms with E-state index in [0.717, 1.165) is 34.6 Å². The molecule has 0 atom stereocenters. The van der Waals surface area contributed by atoms with Gasteiger partial charge in [-0.15, -0.1) is 11.3 Å². The van der Waals surface area contributed by atoms with E-state index < -0.39 is 24.5 Å². The molecule has 2 N–H and O–H groups in total. The lowest BCUT2D eigenvalue weighted by atomic mass is 9.95. The molecule has 2 aliphatic rings. The number of hydrogen-bond donors (Lipinski definition) is 2. The summed E-state index contributed by atoms with van der Waals surface area (Å²) in [4.78, 5) is 55.2. The van der Waals surface area contributed by atoms with Crippen LogP contribution in [0.1, 0.15) is 44.0 Å². The molecule has 9 nitrogen and oxygen atoms in total. The average Bonchev–Trinajstić information content (AvgIpc) is 3.35. The summed E-state index contributed by atoms with van der Waals surface area (Å²) in [7, 11) is 0. The lowest BCUT2D eigenvalue weighted by Crippen LogP contribution is -2.37. The first kappa shape index (κ1) is 20.0. The van der Waals surface area contributed by atoms with E-state index >= 15 is 0 Å². The van der Waals surface area contributed by atoms with Crippen molar-refractivity contribution in [2.24, 2.45) is 0 Å². The van der Waals surface area contributed by atoms with Crippen LogP contribution < -0.4 is 10.6 Å². The zero-order chi connectivity index (χ0) is 21.1. The van der Waals surface area contributed by atoms with Crippen molar-refractivity contribution in [3.8, 4) is 0 Å². The van der Waals surface area contributed by atoms with Gasteiger partial charge >= 0.3 is 12.0 Å². The number of imide groups is 1. The molecule has 0 unspecified atom stereocenters. The smallest absolute Gasteiger partial charge is 0.341 e. The number of carbonyl (C=O) groups excluding carboxylic acids is 4. The van der Waals surface area contributed by atoms with Crippen LogP contribution in [0, 0.1) is 0 Å². The van der Waals surface area contributed by atoms with E-state index in [1.165, 1.54) is 17.5 Å². The number of amides is 4. The molecule has 1 aliphatic carbocycles. The fourth-order valence-corrected chi connectivity index (χ4v) is 4.80. The number of carbonyl (C=O) groups is 4. The Morgan fingerprint density at radius 1 is 1.27 bits per heavy atom. The van der Waals surface area contributed by atoms with E-state index in [2.05, 4.69) is 15.6 Å². The van der Waals surface area contributed by atoms with E-state index in [4.69, 9.17) is 4.74 Å². The summed E-state index contributed by atoms with van der Waals surface area (Å²) in [6.45, 7) is 0.0867. The van der Waals surface area contributed by atoms with E-state index in [-0.39, 0.29) is 12.5 Å². The standard InChI is InChI=1S/C20H20N4O5S/c25-15(24-9-8-22-20(24)28)11-29-19(27)16-13-5-1-2-6-14(13)30-18(16)23-17(26)12-4-3-7-21-10-12/h3-4,7,10H,1-2,5-6,8-9,11H2,(H,22,28)(H,23,26). The van der Waals surface area contributed by atoms with Gasteiger partial charge < -0.3 is 15.4 Å². The van der Waals surface area contributed by atoms with Crippen LogP contribution in [0.2, 0.25) is 0 Å². The Morgan fingerprint density at radius 2 is 2.10 bits per heavy atom. The maximum atomic E-state index is 12.9. The third kappa shape index (κ3) is 4.04. The number of aryl methyl sites for hydroxylation is 1. The van der Waals surface area contributed by atoms with Crippen LogP contribution in [-0.2, 0) is 22.4 Å². The number of nitrogens with zero attached hydrogens (tertiary/aromatic N) is 2. The normalized spacial score (nSPS) is 15.3. The van der Waals surface area contributed by atoms with Gasteiger partial charge in [0, 0.05) is 30.4 Å². The molecule has 1 fully saturated rings. The lowest BCUT2D eigenvalue weighted by molar-refractivity contribution is -0.130. The van der Waals surface area contributed by atoms with Crippen LogP contribution >= 0.6 is 11.3 Å². The largest absolute Gasteiger partial charge is 0.452 e. The van der Waals surface area contributed by atoms with Gasteiger partial charge in [-0.3, -0.25) is 19.5 Å². The van der Waals surface area contributed by atoms with E-state index in [1.807, 2.05) is 0 Å². The molecule has 0 spiro atoms. The summed E-state index contributed by atoms with van der Waals surface area (Å²) < 4.78 is 5.24. The first-order valence-corrected chi connectivity index (χ1v) is 10.5. The Bertz CT molecular complexity index is 1000. The Kier molecular flexibility index (Phi) is 5.75. The van der Waals surface area contributed by atoms with Crippen LogP contribution in [0.15, 0.2) is 24.5 Å². The van der Waals surface area contributed by atoms with Gasteiger partial charge in [-0.1, -0.05) is 0 Å². The van der Waals surface area contributed by atoms with Crippen molar-refractivity contribution in [3.63, 3.8) is 0 Å². The highest BCUT2D eigenvalue weighted by Crippen LogP contribution is 2.38. The average molecular weight is 428 g/mol. The second-order valence-corrected chi connectivity index (χ2v) is 8.07. The lowest BCUT2D eigenvalue weighted by Gasteiger charge is -2.14. The highest BCUT2D eigenvalue weighted by atomic mass is 32.1. The third-order valence-corrected chi connectivity index (χ3v) is 6.22. The molecule has 3 heterocycles. The molecule has 4 rings (SSSR count). The van der Waals surface area contributed by atoms with Crippen LogP contribution in [0.25, 0.3) is 0 Å². The minimum Gasteiger partial charge on any atom is -0.452 e. The first-order valence-electron chi connectivity index (χ1n) is 9.66. The summed E-state index contributed by atoms with van der Waals surface area (Å²) in [6.07, 6.45) is 6.51. The van der Waals surface area contributed by atoms with Crippen molar-refractivity contribution in [1.82, 2.24) is 15.2 Å². The molecular formula is C20H20N4O5S. The summed E-state index contributed by atoms with van der Waals surface area (Å²) in [5.74, 6) is -1.63. The van der Waals surface area contributed by atoms with Gasteiger partial charge in [-0.25, -0.2) is 9.59 Å². The highest BCUT2D eigenvalue weighted by molar-refractivity contribution is 7.17. The summed E-state index contributed by atoms with van der Waals surface area (Å²) in [5, 5.41) is 5.73. The number of pyridine rings is 1. The van der Waals surface area contributed by atoms with Gasteiger partial charge in [0.2, 0.25) is 0 Å². The Hall–Kier alpha value is -3.27. The number of aromatic nitrogens is 1. The van der Waals surface area contributed by atoms with Crippen LogP contribution in [0.4, 0.5) is 9.80 Å². The molecular weight excluding hydrogens is 408 g/mol. The van der Waals surface area contributed by atoms with Crippen molar-refractivity contribution in [2.45, 2.75) is 25.7 Å². The SMILES string of the molecule is O=C(Nc1sc2c(c1C(=O)OCC(=O)N1CCNC1=O)CCCC2)c1cccnc1. The molecule has 30 heavy (non-hydrogen) atoms. The number of ether oxygens (including phenoxy) is 1. The molecule has 2 aromatic rings. The number of nitrogens with one attached hydrogen (secondary N) is 2. The predicted octanol–water partition coefficient (Wildman–Crippen LogP) is 1.98. The maximum Gasteiger partial charge on any atom is 0.341 e. The molecule has 1 aliphatic heterocycles. The van der Waals surface area contributed by atoms with Crippen LogP contribution in [0.5, 0.6) is 0 Å². The zero-order valence-corrected chi connectivity index (χ0v) is 16.9. The number of hydrogen-bond acceptors (Lipinski definition) is 7. The summed E-state index contributed by atoms with van der Waals surface area (Å²) in [6, 6.07) is 2.80. The molecule has 0 bridgehead atoms. The number of thiophene rings is 1. The summed E-state index contributed by atoms with van der Waals surface area (Å²) in [5.41, 5.74) is 1.54. The van der Waals surface area contributed by atoms with Gasteiger partial charge in [0.15, 0.2) is 6.61 Å². The zero-order valence-electron chi connectivity index (χ0n) is 16.1. The number of esters is 1. The van der Waals surface area contributed by atoms with Gasteiger partial charge in [-0.2, -0.15) is 0 Å². The Morgan fingerprint density at radius 3 is 2.83 bits per heavy atom. The van der Waals surface area contributed by atoms with Gasteiger partial charge in [-0.05, 0) is 43.4 Å². The van der Waals surface area contributed by atoms with Crippen molar-refractivity contribution in [1.29, 1.82) is 0 Å². The van der Waals surface area contributed by atoms with Gasteiger partial charge in [0.25, 0.3) is 11.8 Å². The maximum absolute atomic E-state index is 12.9. The molecule has 156 valence electrons. The molecule has 2 aromatic heterocycles. The fourth-order valence-electron chi connectivity index (χ4n) is 3.53. The molecule has 0 saturated carbocycles. The molecule has 0 aromatic carbocycles. The monoisotopic (exact) mass is 428 g/mol. The van der Waals surface area contributed by atoms with Gasteiger partial charge in [0.1, 0.15) is 5.00 Å². The van der Waals surface area contributed by atoms with E-state index in [0.29, 0.717) is 29.1 Å². The van der Waals surface area contributed by atoms with Crippen molar-refractivity contribution in [2.75, 3.05) is 25.0 Å². The second kappa shape index (κ2) is 8.62. The van der Waals surface area contributed by atoms with E-state index in [9.17, 15) is 19.2 Å². The highest BCUT2D eigenvalue weighted by Gasteiger charge is 2.30. The number of anilines is 1. The quantitative estimate of drug-likeness (QED) is 0.703. The minimum atomic E-state index is -0.677. The molecule has 10 heteroatoms. The molecule has 0 radical (unpaired) electrons. The van der Waals surface area contributed by atoms with Crippen LogP contribution in [-0.4, -0.2) is 53.4 Å². The van der Waals surface area contributed by atoms with Crippen molar-refractivity contribution >= 4 is 40.2 Å². The minimum absolute atomic E-state index is 0.246. The number of rotatable bonds is 5. The topological polar surface area (TPSA) is 118 Å². The number of urea groups is 1. The predicted molar refractivity (Wildman–Crippen MR) is 109 cm³/mol. The second-order valence-electron chi connectivity index (χ2n) is 6.96. The third-order valence-electron chi connectivity index (χ3n) is 5.01. The molecule has 4 amide bonds. The Labute approximate surface area is 176 Å². The van der Waals surface area contributed by atoms with Crippen molar-refractivity contribution in [3.05, 3.63) is 46.1 Å². The first-order chi connectivity index (χ1) is 14.5. The number of fused-ring (bicyclic) bond motifs is 1. The summed E-state index contributed by atoms with van der Waals surface area (Å²) >= 11 is 1.36. The molecule has 1 saturated heterocycles. The van der Waals surface area contributed by atoms with Crippen molar-refractivity contribution < 1.29 is 23.9 Å². The van der Waals surface area contributed by atoms with Crippen LogP contribution in [0.3, 0.4) is 0 Å².